The maximum atomic E-state index is 7.60. The number of hydrogen-bond acceptors (Lipinski definition) is 0. The third-order valence-electron chi connectivity index (χ3n) is 9.89. The normalized spacial score (nSPS) is 11.7. The molecular weight excluding hydrogens is 583 g/mol. The Labute approximate surface area is 276 Å². The molecule has 0 spiro atoms. The Balaban J connectivity index is 1.23. The molecule has 0 saturated heterocycles. The van der Waals surface area contributed by atoms with Gasteiger partial charge in [-0.2, -0.15) is 0 Å². The maximum Gasteiger partial charge on any atom is 0.187 e. The van der Waals surface area contributed by atoms with E-state index in [0.29, 0.717) is 5.69 Å². The summed E-state index contributed by atoms with van der Waals surface area (Å²) in [4.78, 5) is 3.72. The molecule has 0 radical (unpaired) electrons. The van der Waals surface area contributed by atoms with Gasteiger partial charge in [0.25, 0.3) is 0 Å². The summed E-state index contributed by atoms with van der Waals surface area (Å²) in [5.74, 6) is 0. The summed E-state index contributed by atoms with van der Waals surface area (Å²) in [6.45, 7) is 7.60. The molecule has 48 heavy (non-hydrogen) atoms. The van der Waals surface area contributed by atoms with Crippen LogP contribution in [0.4, 0.5) is 5.69 Å². The molecule has 2 heterocycles. The van der Waals surface area contributed by atoms with E-state index < -0.39 is 0 Å². The van der Waals surface area contributed by atoms with Crippen LogP contribution < -0.4 is 0 Å². The van der Waals surface area contributed by atoms with Gasteiger partial charge in [-0.15, -0.1) is 0 Å². The van der Waals surface area contributed by atoms with Crippen molar-refractivity contribution in [1.29, 1.82) is 0 Å². The van der Waals surface area contributed by atoms with Crippen LogP contribution in [0.3, 0.4) is 0 Å². The molecule has 0 amide bonds. The van der Waals surface area contributed by atoms with Gasteiger partial charge in [0, 0.05) is 32.9 Å². The van der Waals surface area contributed by atoms with E-state index in [9.17, 15) is 0 Å². The number of rotatable bonds is 3. The predicted molar refractivity (Wildman–Crippen MR) is 202 cm³/mol. The fourth-order valence-electron chi connectivity index (χ4n) is 7.77. The van der Waals surface area contributed by atoms with Gasteiger partial charge in [0.15, 0.2) is 5.69 Å². The minimum absolute atomic E-state index is 0.658. The van der Waals surface area contributed by atoms with Crippen LogP contribution in [0.2, 0.25) is 0 Å². The largest absolute Gasteiger partial charge is 0.309 e. The van der Waals surface area contributed by atoms with Gasteiger partial charge in [0.1, 0.15) is 0 Å². The van der Waals surface area contributed by atoms with Crippen molar-refractivity contribution in [1.82, 2.24) is 9.13 Å². The summed E-state index contributed by atoms with van der Waals surface area (Å²) in [5.41, 5.74) is 10.1. The van der Waals surface area contributed by atoms with Gasteiger partial charge in [-0.25, -0.2) is 4.85 Å². The van der Waals surface area contributed by atoms with Crippen molar-refractivity contribution in [3.8, 4) is 22.5 Å². The smallest absolute Gasteiger partial charge is 0.187 e. The third kappa shape index (κ3) is 3.81. The van der Waals surface area contributed by atoms with Crippen molar-refractivity contribution >= 4 is 70.8 Å². The standard InChI is InChI=1S/C45H27N3/c1-46-32-23-20-29-18-19-30-21-24-34(28-39(30)38(29)27-32)48-42-16-8-6-13-37(42)45-35(14-9-17-44(45)48)31-22-25-43-40(26-31)36-12-5-7-15-41(36)47(43)33-10-3-2-4-11-33/h2-28H. The first kappa shape index (κ1) is 26.6. The van der Waals surface area contributed by atoms with Crippen LogP contribution >= 0.6 is 0 Å². The van der Waals surface area contributed by atoms with Crippen molar-refractivity contribution in [3.05, 3.63) is 175 Å². The second-order valence-electron chi connectivity index (χ2n) is 12.5. The minimum Gasteiger partial charge on any atom is -0.309 e. The van der Waals surface area contributed by atoms with E-state index >= 15 is 0 Å². The van der Waals surface area contributed by atoms with Gasteiger partial charge in [-0.1, -0.05) is 103 Å². The van der Waals surface area contributed by atoms with Gasteiger partial charge in [-0.05, 0) is 93.3 Å². The molecule has 3 nitrogen and oxygen atoms in total. The zero-order valence-electron chi connectivity index (χ0n) is 25.9. The van der Waals surface area contributed by atoms with Crippen molar-refractivity contribution in [2.75, 3.05) is 0 Å². The molecule has 0 bridgehead atoms. The summed E-state index contributed by atoms with van der Waals surface area (Å²) >= 11 is 0. The Morgan fingerprint density at radius 1 is 0.396 bits per heavy atom. The van der Waals surface area contributed by atoms with E-state index in [1.54, 1.807) is 0 Å². The molecular formula is C45H27N3. The lowest BCUT2D eigenvalue weighted by molar-refractivity contribution is 1.18. The van der Waals surface area contributed by atoms with E-state index in [0.717, 1.165) is 32.9 Å². The Kier molecular flexibility index (Phi) is 5.64. The van der Waals surface area contributed by atoms with Gasteiger partial charge in [0.05, 0.1) is 28.6 Å². The highest BCUT2D eigenvalue weighted by atomic mass is 15.0. The molecule has 0 saturated carbocycles. The van der Waals surface area contributed by atoms with Crippen molar-refractivity contribution in [2.24, 2.45) is 0 Å². The molecule has 0 atom stereocenters. The van der Waals surface area contributed by atoms with Crippen molar-refractivity contribution in [2.45, 2.75) is 0 Å². The average Bonchev–Trinajstić information content (AvgIpc) is 3.67. The van der Waals surface area contributed by atoms with Crippen molar-refractivity contribution in [3.63, 3.8) is 0 Å². The Bertz CT molecular complexity index is 2950. The van der Waals surface area contributed by atoms with E-state index in [4.69, 9.17) is 6.57 Å². The highest BCUT2D eigenvalue weighted by molar-refractivity contribution is 6.18. The van der Waals surface area contributed by atoms with Crippen LogP contribution in [-0.4, -0.2) is 9.13 Å². The summed E-state index contributed by atoms with van der Waals surface area (Å²) in [7, 11) is 0. The van der Waals surface area contributed by atoms with Crippen LogP contribution in [0, 0.1) is 6.57 Å². The third-order valence-corrected chi connectivity index (χ3v) is 9.89. The molecule has 0 aliphatic carbocycles. The molecule has 2 aromatic heterocycles. The van der Waals surface area contributed by atoms with Gasteiger partial charge in [-0.3, -0.25) is 0 Å². The molecule has 0 aliphatic rings. The van der Waals surface area contributed by atoms with Crippen LogP contribution in [0.1, 0.15) is 0 Å². The number of nitrogens with zero attached hydrogens (tertiary/aromatic N) is 3. The minimum atomic E-state index is 0.658. The Morgan fingerprint density at radius 3 is 1.83 bits per heavy atom. The summed E-state index contributed by atoms with van der Waals surface area (Å²) in [6, 6.07) is 58.7. The van der Waals surface area contributed by atoms with E-state index in [1.165, 1.54) is 54.7 Å². The first-order chi connectivity index (χ1) is 23.8. The predicted octanol–water partition coefficient (Wildman–Crippen LogP) is 12.4. The highest BCUT2D eigenvalue weighted by Crippen LogP contribution is 2.41. The second kappa shape index (κ2) is 10.2. The lowest BCUT2D eigenvalue weighted by atomic mass is 9.98. The fraction of sp³-hybridized carbons (Fsp3) is 0. The molecule has 0 aliphatic heterocycles. The first-order valence-electron chi connectivity index (χ1n) is 16.2. The van der Waals surface area contributed by atoms with Gasteiger partial charge < -0.3 is 9.13 Å². The zero-order chi connectivity index (χ0) is 31.8. The summed E-state index contributed by atoms with van der Waals surface area (Å²) < 4.78 is 4.76. The number of para-hydroxylation sites is 3. The number of aromatic nitrogens is 2. The quantitative estimate of drug-likeness (QED) is 0.140. The number of hydrogen-bond donors (Lipinski definition) is 0. The van der Waals surface area contributed by atoms with Gasteiger partial charge in [0.2, 0.25) is 0 Å². The Morgan fingerprint density at radius 2 is 1.02 bits per heavy atom. The molecule has 8 aromatic carbocycles. The van der Waals surface area contributed by atoms with E-state index in [1.807, 2.05) is 12.1 Å². The van der Waals surface area contributed by atoms with Crippen LogP contribution in [0.25, 0.3) is 92.5 Å². The molecule has 10 rings (SSSR count). The highest BCUT2D eigenvalue weighted by Gasteiger charge is 2.18. The fourth-order valence-corrected chi connectivity index (χ4v) is 7.77. The number of benzene rings is 8. The molecule has 10 aromatic rings. The molecule has 3 heteroatoms. The maximum absolute atomic E-state index is 7.60. The summed E-state index contributed by atoms with van der Waals surface area (Å²) in [6.07, 6.45) is 0. The lowest BCUT2D eigenvalue weighted by Gasteiger charge is -2.12. The molecule has 0 fully saturated rings. The van der Waals surface area contributed by atoms with Crippen LogP contribution in [-0.2, 0) is 0 Å². The topological polar surface area (TPSA) is 14.2 Å². The Hall–Kier alpha value is -6.63. The summed E-state index contributed by atoms with van der Waals surface area (Å²) in [5, 5.41) is 9.52. The van der Waals surface area contributed by atoms with Crippen molar-refractivity contribution < 1.29 is 0 Å². The number of fused-ring (bicyclic) bond motifs is 9. The van der Waals surface area contributed by atoms with E-state index in [2.05, 4.69) is 166 Å². The van der Waals surface area contributed by atoms with Crippen LogP contribution in [0.5, 0.6) is 0 Å². The average molecular weight is 610 g/mol. The first-order valence-corrected chi connectivity index (χ1v) is 16.2. The molecule has 222 valence electrons. The van der Waals surface area contributed by atoms with Gasteiger partial charge >= 0.3 is 0 Å². The SMILES string of the molecule is [C-]#[N+]c1ccc2ccc3ccc(-n4c5ccccc5c5c(-c6ccc7c(c6)c6ccccc6n7-c6ccccc6)cccc54)cc3c2c1. The van der Waals surface area contributed by atoms with Crippen LogP contribution in [0.15, 0.2) is 164 Å². The monoisotopic (exact) mass is 609 g/mol. The lowest BCUT2D eigenvalue weighted by Crippen LogP contribution is -1.94. The van der Waals surface area contributed by atoms with E-state index in [-0.39, 0.29) is 0 Å². The zero-order valence-corrected chi connectivity index (χ0v) is 25.9. The molecule has 0 unspecified atom stereocenters. The second-order valence-corrected chi connectivity index (χ2v) is 12.5. The molecule has 0 N–H and O–H groups in total.